The van der Waals surface area contributed by atoms with E-state index in [2.05, 4.69) is 70.6 Å². The molecule has 0 spiro atoms. The predicted octanol–water partition coefficient (Wildman–Crippen LogP) is 2.41. The van der Waals surface area contributed by atoms with Gasteiger partial charge >= 0.3 is 0 Å². The molecule has 0 aliphatic heterocycles. The van der Waals surface area contributed by atoms with Crippen LogP contribution in [0.1, 0.15) is 24.1 Å². The number of hydrogen-bond donors (Lipinski definition) is 1. The van der Waals surface area contributed by atoms with Crippen LogP contribution in [0.2, 0.25) is 0 Å². The molecule has 0 aliphatic rings. The number of guanidine groups is 1. The monoisotopic (exact) mass is 471 g/mol. The first-order chi connectivity index (χ1) is 11.9. The Morgan fingerprint density at radius 2 is 1.96 bits per heavy atom. The van der Waals surface area contributed by atoms with E-state index in [9.17, 15) is 0 Å². The zero-order valence-electron chi connectivity index (χ0n) is 16.5. The van der Waals surface area contributed by atoms with E-state index >= 15 is 0 Å². The maximum Gasteiger partial charge on any atom is 0.194 e. The molecule has 0 saturated carbocycles. The Kier molecular flexibility index (Phi) is 8.83. The second-order valence-corrected chi connectivity index (χ2v) is 6.31. The highest BCUT2D eigenvalue weighted by molar-refractivity contribution is 14.0. The van der Waals surface area contributed by atoms with Gasteiger partial charge in [-0.25, -0.2) is 4.99 Å². The van der Waals surface area contributed by atoms with E-state index in [4.69, 9.17) is 4.99 Å². The van der Waals surface area contributed by atoms with Crippen LogP contribution in [0.25, 0.3) is 0 Å². The van der Waals surface area contributed by atoms with Crippen LogP contribution in [0.15, 0.2) is 29.3 Å². The standard InChI is InChI=1S/C18H29N7.HI/c1-7-19-18(20-12-17-22-21-14(2)25(17)6)24(5)13-15-9-8-10-16(11-15)23(3)4;/h8-11H,7,12-13H2,1-6H3,(H,19,20);1H. The highest BCUT2D eigenvalue weighted by Gasteiger charge is 2.09. The third-order valence-electron chi connectivity index (χ3n) is 4.10. The van der Waals surface area contributed by atoms with Crippen LogP contribution >= 0.6 is 24.0 Å². The molecule has 7 nitrogen and oxygen atoms in total. The Morgan fingerprint density at radius 1 is 1.23 bits per heavy atom. The lowest BCUT2D eigenvalue weighted by Crippen LogP contribution is -2.38. The van der Waals surface area contributed by atoms with E-state index < -0.39 is 0 Å². The van der Waals surface area contributed by atoms with Crippen molar-refractivity contribution in [2.45, 2.75) is 26.9 Å². The van der Waals surface area contributed by atoms with Crippen molar-refractivity contribution in [2.24, 2.45) is 12.0 Å². The minimum Gasteiger partial charge on any atom is -0.378 e. The second-order valence-electron chi connectivity index (χ2n) is 6.31. The number of nitrogens with zero attached hydrogens (tertiary/aromatic N) is 6. The van der Waals surface area contributed by atoms with Crippen LogP contribution in [0.5, 0.6) is 0 Å². The summed E-state index contributed by atoms with van der Waals surface area (Å²) in [4.78, 5) is 8.95. The van der Waals surface area contributed by atoms with Gasteiger partial charge in [-0.05, 0) is 31.5 Å². The molecule has 1 N–H and O–H groups in total. The Labute approximate surface area is 173 Å². The molecule has 1 aromatic heterocycles. The second kappa shape index (κ2) is 10.3. The van der Waals surface area contributed by atoms with Crippen molar-refractivity contribution in [3.8, 4) is 0 Å². The summed E-state index contributed by atoms with van der Waals surface area (Å²) in [6.07, 6.45) is 0. The molecule has 144 valence electrons. The number of aromatic nitrogens is 3. The molecule has 2 rings (SSSR count). The van der Waals surface area contributed by atoms with Crippen molar-refractivity contribution in [3.63, 3.8) is 0 Å². The number of benzene rings is 1. The first-order valence-corrected chi connectivity index (χ1v) is 8.53. The molecular weight excluding hydrogens is 441 g/mol. The molecule has 0 unspecified atom stereocenters. The fourth-order valence-electron chi connectivity index (χ4n) is 2.49. The minimum atomic E-state index is 0. The molecule has 1 heterocycles. The molecule has 0 saturated heterocycles. The van der Waals surface area contributed by atoms with Gasteiger partial charge in [0.1, 0.15) is 12.4 Å². The lowest BCUT2D eigenvalue weighted by molar-refractivity contribution is 0.476. The van der Waals surface area contributed by atoms with Crippen LogP contribution in [-0.2, 0) is 20.1 Å². The summed E-state index contributed by atoms with van der Waals surface area (Å²) in [7, 11) is 8.11. The molecule has 8 heteroatoms. The summed E-state index contributed by atoms with van der Waals surface area (Å²) in [6, 6.07) is 8.54. The van der Waals surface area contributed by atoms with Gasteiger partial charge in [-0.1, -0.05) is 12.1 Å². The van der Waals surface area contributed by atoms with Crippen LogP contribution in [0.3, 0.4) is 0 Å². The van der Waals surface area contributed by atoms with Crippen molar-refractivity contribution in [3.05, 3.63) is 41.5 Å². The van der Waals surface area contributed by atoms with Crippen molar-refractivity contribution >= 4 is 35.6 Å². The molecule has 0 aliphatic carbocycles. The van der Waals surface area contributed by atoms with Gasteiger partial charge in [-0.2, -0.15) is 0 Å². The van der Waals surface area contributed by atoms with Crippen molar-refractivity contribution in [1.29, 1.82) is 0 Å². The number of rotatable bonds is 6. The normalized spacial score (nSPS) is 11.1. The molecule has 0 bridgehead atoms. The molecule has 0 atom stereocenters. The summed E-state index contributed by atoms with van der Waals surface area (Å²) >= 11 is 0. The number of aliphatic imine (C=N–C) groups is 1. The fourth-order valence-corrected chi connectivity index (χ4v) is 2.49. The summed E-state index contributed by atoms with van der Waals surface area (Å²) in [5.41, 5.74) is 2.44. The number of anilines is 1. The van der Waals surface area contributed by atoms with Crippen molar-refractivity contribution in [1.82, 2.24) is 25.0 Å². The quantitative estimate of drug-likeness (QED) is 0.399. The first kappa shape index (κ1) is 22.2. The third-order valence-corrected chi connectivity index (χ3v) is 4.10. The van der Waals surface area contributed by atoms with Gasteiger partial charge < -0.3 is 19.7 Å². The predicted molar refractivity (Wildman–Crippen MR) is 118 cm³/mol. The number of hydrogen-bond acceptors (Lipinski definition) is 4. The van der Waals surface area contributed by atoms with Crippen molar-refractivity contribution < 1.29 is 0 Å². The topological polar surface area (TPSA) is 61.6 Å². The zero-order chi connectivity index (χ0) is 18.4. The van der Waals surface area contributed by atoms with Crippen LogP contribution in [0, 0.1) is 6.92 Å². The molecular formula is C18H30IN7. The SMILES string of the molecule is CCNC(=NCc1nnc(C)n1C)N(C)Cc1cccc(N(C)C)c1.I. The molecule has 2 aromatic rings. The van der Waals surface area contributed by atoms with E-state index in [0.717, 1.165) is 30.7 Å². The summed E-state index contributed by atoms with van der Waals surface area (Å²) < 4.78 is 1.97. The van der Waals surface area contributed by atoms with E-state index in [0.29, 0.717) is 6.54 Å². The van der Waals surface area contributed by atoms with Gasteiger partial charge in [-0.15, -0.1) is 34.2 Å². The highest BCUT2D eigenvalue weighted by atomic mass is 127. The molecule has 0 radical (unpaired) electrons. The average Bonchev–Trinajstić information content (AvgIpc) is 2.90. The Morgan fingerprint density at radius 3 is 2.54 bits per heavy atom. The van der Waals surface area contributed by atoms with Crippen LogP contribution in [-0.4, -0.2) is 53.3 Å². The molecule has 0 fully saturated rings. The van der Waals surface area contributed by atoms with Crippen molar-refractivity contribution in [2.75, 3.05) is 32.6 Å². The summed E-state index contributed by atoms with van der Waals surface area (Å²) in [5, 5.41) is 11.6. The van der Waals surface area contributed by atoms with E-state index in [-0.39, 0.29) is 24.0 Å². The summed E-state index contributed by atoms with van der Waals surface area (Å²) in [5.74, 6) is 2.61. The van der Waals surface area contributed by atoms with Crippen LogP contribution < -0.4 is 10.2 Å². The molecule has 0 amide bonds. The molecule has 26 heavy (non-hydrogen) atoms. The zero-order valence-corrected chi connectivity index (χ0v) is 18.9. The first-order valence-electron chi connectivity index (χ1n) is 8.53. The fraction of sp³-hybridized carbons (Fsp3) is 0.500. The van der Waals surface area contributed by atoms with Gasteiger partial charge in [0.25, 0.3) is 0 Å². The van der Waals surface area contributed by atoms with Gasteiger partial charge in [0, 0.05) is 47.0 Å². The number of aryl methyl sites for hydroxylation is 1. The van der Waals surface area contributed by atoms with Crippen LogP contribution in [0.4, 0.5) is 5.69 Å². The van der Waals surface area contributed by atoms with Gasteiger partial charge in [-0.3, -0.25) is 0 Å². The third kappa shape index (κ3) is 5.86. The maximum absolute atomic E-state index is 4.71. The average molecular weight is 471 g/mol. The maximum atomic E-state index is 4.71. The molecule has 1 aromatic carbocycles. The Balaban J connectivity index is 0.00000338. The number of nitrogens with one attached hydrogen (secondary N) is 1. The smallest absolute Gasteiger partial charge is 0.194 e. The van der Waals surface area contributed by atoms with Gasteiger partial charge in [0.2, 0.25) is 0 Å². The minimum absolute atomic E-state index is 0. The van der Waals surface area contributed by atoms with Gasteiger partial charge in [0.05, 0.1) is 0 Å². The van der Waals surface area contributed by atoms with E-state index in [1.165, 1.54) is 11.3 Å². The lowest BCUT2D eigenvalue weighted by atomic mass is 10.2. The Bertz CT molecular complexity index is 724. The Hall–Kier alpha value is -1.84. The highest BCUT2D eigenvalue weighted by Crippen LogP contribution is 2.14. The largest absolute Gasteiger partial charge is 0.378 e. The van der Waals surface area contributed by atoms with E-state index in [1.807, 2.05) is 25.6 Å². The lowest BCUT2D eigenvalue weighted by Gasteiger charge is -2.23. The summed E-state index contributed by atoms with van der Waals surface area (Å²) in [6.45, 7) is 6.11. The van der Waals surface area contributed by atoms with Gasteiger partial charge in [0.15, 0.2) is 11.8 Å². The number of halogens is 1. The van der Waals surface area contributed by atoms with E-state index in [1.54, 1.807) is 0 Å².